The van der Waals surface area contributed by atoms with Gasteiger partial charge >= 0.3 is 0 Å². The van der Waals surface area contributed by atoms with Gasteiger partial charge < -0.3 is 4.90 Å². The highest BCUT2D eigenvalue weighted by Gasteiger charge is 2.19. The molecule has 0 atom stereocenters. The maximum Gasteiger partial charge on any atom is 0.273 e. The number of carbonyl (C=O) groups is 1. The second-order valence-corrected chi connectivity index (χ2v) is 6.55. The molecule has 3 aromatic rings. The summed E-state index contributed by atoms with van der Waals surface area (Å²) in [5.74, 6) is -0.0382. The Morgan fingerprint density at radius 2 is 2.04 bits per heavy atom. The first kappa shape index (κ1) is 17.2. The molecule has 2 heterocycles. The van der Waals surface area contributed by atoms with Gasteiger partial charge in [-0.2, -0.15) is 0 Å². The van der Waals surface area contributed by atoms with Crippen LogP contribution < -0.4 is 0 Å². The monoisotopic (exact) mass is 352 g/mol. The van der Waals surface area contributed by atoms with Crippen molar-refractivity contribution in [1.29, 1.82) is 0 Å². The van der Waals surface area contributed by atoms with Crippen LogP contribution in [0.15, 0.2) is 54.3 Å². The smallest absolute Gasteiger partial charge is 0.273 e. The number of hydrogen-bond donors (Lipinski definition) is 0. The lowest BCUT2D eigenvalue weighted by molar-refractivity contribution is 0.0736. The van der Waals surface area contributed by atoms with Crippen molar-refractivity contribution in [2.45, 2.75) is 26.3 Å². The van der Waals surface area contributed by atoms with Crippen molar-refractivity contribution in [3.05, 3.63) is 65.6 Å². The molecule has 0 saturated carbocycles. The maximum absolute atomic E-state index is 12.9. The molecule has 3 rings (SSSR count). The fourth-order valence-electron chi connectivity index (χ4n) is 2.47. The molecule has 1 aromatic carbocycles. The van der Waals surface area contributed by atoms with Gasteiger partial charge in [0.05, 0.1) is 6.20 Å². The zero-order chi connectivity index (χ0) is 17.5. The minimum absolute atomic E-state index is 0.0382. The molecule has 5 nitrogen and oxygen atoms in total. The zero-order valence-corrected chi connectivity index (χ0v) is 14.9. The van der Waals surface area contributed by atoms with Gasteiger partial charge in [0.25, 0.3) is 5.91 Å². The van der Waals surface area contributed by atoms with Gasteiger partial charge in [0.2, 0.25) is 0 Å². The Labute approximate surface area is 151 Å². The number of nitrogens with zero attached hydrogens (tertiary/aromatic N) is 4. The van der Waals surface area contributed by atoms with Gasteiger partial charge in [0.1, 0.15) is 16.4 Å². The number of hydrogen-bond acceptors (Lipinski definition) is 5. The van der Waals surface area contributed by atoms with Crippen molar-refractivity contribution in [3.63, 3.8) is 0 Å². The number of thiazole rings is 1. The summed E-state index contributed by atoms with van der Waals surface area (Å²) < 4.78 is 0. The van der Waals surface area contributed by atoms with Crippen molar-refractivity contribution in [1.82, 2.24) is 19.9 Å². The summed E-state index contributed by atoms with van der Waals surface area (Å²) in [4.78, 5) is 27.6. The lowest BCUT2D eigenvalue weighted by Gasteiger charge is -2.21. The topological polar surface area (TPSA) is 59.0 Å². The Balaban J connectivity index is 1.78. The van der Waals surface area contributed by atoms with E-state index in [1.54, 1.807) is 24.0 Å². The Kier molecular flexibility index (Phi) is 5.85. The summed E-state index contributed by atoms with van der Waals surface area (Å²) in [7, 11) is 0. The summed E-state index contributed by atoms with van der Waals surface area (Å²) in [6.07, 6.45) is 6.92. The van der Waals surface area contributed by atoms with E-state index in [2.05, 4.69) is 21.9 Å². The summed E-state index contributed by atoms with van der Waals surface area (Å²) in [5, 5.41) is 2.52. The van der Waals surface area contributed by atoms with E-state index >= 15 is 0 Å². The Morgan fingerprint density at radius 1 is 1.20 bits per heavy atom. The molecule has 1 amide bonds. The number of amides is 1. The molecule has 0 radical (unpaired) electrons. The lowest BCUT2D eigenvalue weighted by Crippen LogP contribution is -2.31. The zero-order valence-electron chi connectivity index (χ0n) is 14.1. The fraction of sp³-hybridized carbons (Fsp3) is 0.263. The van der Waals surface area contributed by atoms with Crippen LogP contribution in [0.1, 0.15) is 35.8 Å². The van der Waals surface area contributed by atoms with Crippen molar-refractivity contribution < 1.29 is 4.79 Å². The molecular weight excluding hydrogens is 332 g/mol. The highest BCUT2D eigenvalue weighted by atomic mass is 32.1. The van der Waals surface area contributed by atoms with Crippen LogP contribution in [0.2, 0.25) is 0 Å². The van der Waals surface area contributed by atoms with Gasteiger partial charge in [-0.3, -0.25) is 14.8 Å². The van der Waals surface area contributed by atoms with Gasteiger partial charge in [0, 0.05) is 30.9 Å². The highest BCUT2D eigenvalue weighted by Crippen LogP contribution is 2.22. The molecule has 6 heteroatoms. The molecule has 128 valence electrons. The van der Waals surface area contributed by atoms with E-state index in [4.69, 9.17) is 0 Å². The molecular formula is C19H20N4OS. The van der Waals surface area contributed by atoms with E-state index in [0.717, 1.165) is 24.9 Å². The summed E-state index contributed by atoms with van der Waals surface area (Å²) >= 11 is 1.42. The first-order valence-corrected chi connectivity index (χ1v) is 9.21. The maximum atomic E-state index is 12.9. The number of rotatable bonds is 7. The molecule has 0 aliphatic heterocycles. The Morgan fingerprint density at radius 3 is 2.76 bits per heavy atom. The number of carbonyl (C=O) groups excluding carboxylic acids is 1. The van der Waals surface area contributed by atoms with E-state index < -0.39 is 0 Å². The van der Waals surface area contributed by atoms with E-state index in [1.165, 1.54) is 11.3 Å². The lowest BCUT2D eigenvalue weighted by atomic mass is 10.2. The molecule has 0 aliphatic carbocycles. The van der Waals surface area contributed by atoms with Crippen molar-refractivity contribution in [2.75, 3.05) is 6.54 Å². The Bertz CT molecular complexity index is 805. The SMILES string of the molecule is CCCCN(Cc1ccccc1)C(=O)c1csc(-c2cnccn2)n1. The van der Waals surface area contributed by atoms with E-state index in [-0.39, 0.29) is 5.91 Å². The second-order valence-electron chi connectivity index (χ2n) is 5.69. The quantitative estimate of drug-likeness (QED) is 0.644. The molecule has 0 aliphatic rings. The van der Waals surface area contributed by atoms with Crippen LogP contribution >= 0.6 is 11.3 Å². The molecule has 2 aromatic heterocycles. The van der Waals surface area contributed by atoms with Crippen molar-refractivity contribution in [2.24, 2.45) is 0 Å². The predicted molar refractivity (Wildman–Crippen MR) is 99.2 cm³/mol. The van der Waals surface area contributed by atoms with Crippen LogP contribution in [0.25, 0.3) is 10.7 Å². The van der Waals surface area contributed by atoms with Crippen LogP contribution in [-0.4, -0.2) is 32.3 Å². The van der Waals surface area contributed by atoms with Gasteiger partial charge in [-0.05, 0) is 12.0 Å². The van der Waals surface area contributed by atoms with Gasteiger partial charge in [-0.25, -0.2) is 4.98 Å². The standard InChI is InChI=1S/C19H20N4OS/c1-2-3-11-23(13-15-7-5-4-6-8-15)19(24)17-14-25-18(22-17)16-12-20-9-10-21-16/h4-10,12,14H,2-3,11,13H2,1H3. The summed E-state index contributed by atoms with van der Waals surface area (Å²) in [6.45, 7) is 3.44. The normalized spacial score (nSPS) is 10.6. The number of unbranched alkanes of at least 4 members (excludes halogenated alkanes) is 1. The fourth-order valence-corrected chi connectivity index (χ4v) is 3.22. The predicted octanol–water partition coefficient (Wildman–Crippen LogP) is 4.04. The minimum Gasteiger partial charge on any atom is -0.333 e. The average molecular weight is 352 g/mol. The molecule has 0 fully saturated rings. The van der Waals surface area contributed by atoms with Crippen molar-refractivity contribution in [3.8, 4) is 10.7 Å². The van der Waals surface area contributed by atoms with Crippen LogP contribution in [0, 0.1) is 0 Å². The van der Waals surface area contributed by atoms with Crippen LogP contribution in [0.5, 0.6) is 0 Å². The van der Waals surface area contributed by atoms with E-state index in [9.17, 15) is 4.79 Å². The molecule has 0 unspecified atom stereocenters. The first-order valence-electron chi connectivity index (χ1n) is 8.33. The summed E-state index contributed by atoms with van der Waals surface area (Å²) in [5.41, 5.74) is 2.28. The van der Waals surface area contributed by atoms with Crippen molar-refractivity contribution >= 4 is 17.2 Å². The third-order valence-corrected chi connectivity index (χ3v) is 4.66. The molecule has 0 spiro atoms. The first-order chi connectivity index (χ1) is 12.3. The number of aromatic nitrogens is 3. The van der Waals surface area contributed by atoms with Gasteiger partial charge in [-0.1, -0.05) is 43.7 Å². The minimum atomic E-state index is -0.0382. The summed E-state index contributed by atoms with van der Waals surface area (Å²) in [6, 6.07) is 10.0. The van der Waals surface area contributed by atoms with E-state index in [1.807, 2.05) is 35.2 Å². The third kappa shape index (κ3) is 4.48. The van der Waals surface area contributed by atoms with Crippen LogP contribution in [-0.2, 0) is 6.54 Å². The molecule has 0 N–H and O–H groups in total. The number of benzene rings is 1. The second kappa shape index (κ2) is 8.48. The van der Waals surface area contributed by atoms with Crippen LogP contribution in [0.4, 0.5) is 0 Å². The average Bonchev–Trinajstić information content (AvgIpc) is 3.16. The molecule has 0 saturated heterocycles. The van der Waals surface area contributed by atoms with E-state index in [0.29, 0.717) is 22.9 Å². The van der Waals surface area contributed by atoms with Gasteiger partial charge in [0.15, 0.2) is 0 Å². The third-order valence-electron chi connectivity index (χ3n) is 3.79. The Hall–Kier alpha value is -2.60. The van der Waals surface area contributed by atoms with Crippen LogP contribution in [0.3, 0.4) is 0 Å². The largest absolute Gasteiger partial charge is 0.333 e. The van der Waals surface area contributed by atoms with Gasteiger partial charge in [-0.15, -0.1) is 11.3 Å². The molecule has 25 heavy (non-hydrogen) atoms. The molecule has 0 bridgehead atoms. The highest BCUT2D eigenvalue weighted by molar-refractivity contribution is 7.13.